The minimum Gasteiger partial charge on any atom is -0.328 e. The van der Waals surface area contributed by atoms with Crippen molar-refractivity contribution in [2.75, 3.05) is 0 Å². The topological polar surface area (TPSA) is 65.8 Å². The standard InChI is InChI=1S/C27H23ClN4O/c1-31-24-11-10-20(13-23(24)22(14-26(31)33)19-8-5-9-21(28)12-19)27(29)25-15-30-17-32(25)16-18-6-3-2-4-7-18/h2-15,17,27H,16,29H2,1H3. The fourth-order valence-corrected chi connectivity index (χ4v) is 4.43. The fraction of sp³-hybridized carbons (Fsp3) is 0.111. The van der Waals surface area contributed by atoms with Crippen molar-refractivity contribution in [2.45, 2.75) is 12.6 Å². The molecule has 33 heavy (non-hydrogen) atoms. The van der Waals surface area contributed by atoms with Gasteiger partial charge in [0.25, 0.3) is 5.56 Å². The largest absolute Gasteiger partial charge is 0.328 e. The molecule has 0 amide bonds. The third kappa shape index (κ3) is 4.09. The van der Waals surface area contributed by atoms with Crippen molar-refractivity contribution in [1.29, 1.82) is 0 Å². The second-order valence-electron chi connectivity index (χ2n) is 8.15. The fourth-order valence-electron chi connectivity index (χ4n) is 4.24. The normalized spacial score (nSPS) is 12.2. The van der Waals surface area contributed by atoms with Crippen molar-refractivity contribution in [3.63, 3.8) is 0 Å². The molecule has 164 valence electrons. The van der Waals surface area contributed by atoms with Gasteiger partial charge in [-0.25, -0.2) is 4.98 Å². The number of aryl methyl sites for hydroxylation is 1. The molecular formula is C27H23ClN4O. The lowest BCUT2D eigenvalue weighted by Gasteiger charge is -2.18. The first-order chi connectivity index (χ1) is 16.0. The summed E-state index contributed by atoms with van der Waals surface area (Å²) >= 11 is 6.24. The summed E-state index contributed by atoms with van der Waals surface area (Å²) < 4.78 is 3.72. The number of aromatic nitrogens is 3. The molecule has 0 aliphatic heterocycles. The Morgan fingerprint density at radius 2 is 1.82 bits per heavy atom. The minimum atomic E-state index is -0.370. The molecule has 1 unspecified atom stereocenters. The Morgan fingerprint density at radius 1 is 1.00 bits per heavy atom. The summed E-state index contributed by atoms with van der Waals surface area (Å²) in [6.45, 7) is 0.694. The van der Waals surface area contributed by atoms with Crippen LogP contribution in [0.5, 0.6) is 0 Å². The first-order valence-electron chi connectivity index (χ1n) is 10.7. The van der Waals surface area contributed by atoms with Gasteiger partial charge >= 0.3 is 0 Å². The van der Waals surface area contributed by atoms with Crippen LogP contribution in [0.4, 0.5) is 0 Å². The SMILES string of the molecule is Cn1c(=O)cc(-c2cccc(Cl)c2)c2cc(C(N)c3cncn3Cc3ccccc3)ccc21. The maximum atomic E-state index is 12.6. The Bertz CT molecular complexity index is 1500. The van der Waals surface area contributed by atoms with Crippen LogP contribution < -0.4 is 11.3 Å². The lowest BCUT2D eigenvalue weighted by molar-refractivity contribution is 0.696. The molecule has 5 nitrogen and oxygen atoms in total. The second-order valence-corrected chi connectivity index (χ2v) is 8.59. The molecule has 6 heteroatoms. The van der Waals surface area contributed by atoms with Crippen molar-refractivity contribution in [1.82, 2.24) is 14.1 Å². The zero-order chi connectivity index (χ0) is 22.9. The molecule has 0 aliphatic carbocycles. The van der Waals surface area contributed by atoms with E-state index in [1.807, 2.05) is 67.1 Å². The number of benzene rings is 3. The highest BCUT2D eigenvalue weighted by Gasteiger charge is 2.17. The van der Waals surface area contributed by atoms with Crippen LogP contribution in [-0.2, 0) is 13.6 Å². The summed E-state index contributed by atoms with van der Waals surface area (Å²) in [5.74, 6) is 0. The highest BCUT2D eigenvalue weighted by molar-refractivity contribution is 6.30. The number of halogens is 1. The van der Waals surface area contributed by atoms with Crippen molar-refractivity contribution in [2.24, 2.45) is 12.8 Å². The Morgan fingerprint density at radius 3 is 2.61 bits per heavy atom. The van der Waals surface area contributed by atoms with E-state index in [1.54, 1.807) is 17.7 Å². The molecule has 5 aromatic rings. The van der Waals surface area contributed by atoms with E-state index in [-0.39, 0.29) is 11.6 Å². The van der Waals surface area contributed by atoms with Gasteiger partial charge in [0.05, 0.1) is 29.8 Å². The Hall–Kier alpha value is -3.67. The van der Waals surface area contributed by atoms with Gasteiger partial charge in [-0.15, -0.1) is 0 Å². The van der Waals surface area contributed by atoms with Crippen molar-refractivity contribution >= 4 is 22.5 Å². The molecule has 0 saturated carbocycles. The van der Waals surface area contributed by atoms with Gasteiger partial charge < -0.3 is 14.9 Å². The predicted molar refractivity (Wildman–Crippen MR) is 133 cm³/mol. The molecule has 0 bridgehead atoms. The van der Waals surface area contributed by atoms with Crippen LogP contribution in [0.15, 0.2) is 96.2 Å². The number of hydrogen-bond donors (Lipinski definition) is 1. The first kappa shape index (κ1) is 21.2. The van der Waals surface area contributed by atoms with Gasteiger partial charge in [0.15, 0.2) is 0 Å². The molecule has 1 atom stereocenters. The minimum absolute atomic E-state index is 0.0736. The summed E-state index contributed by atoms with van der Waals surface area (Å²) in [5.41, 5.74) is 12.3. The Labute approximate surface area is 196 Å². The third-order valence-corrected chi connectivity index (χ3v) is 6.26. The number of nitrogens with two attached hydrogens (primary N) is 1. The molecular weight excluding hydrogens is 432 g/mol. The molecule has 2 N–H and O–H groups in total. The van der Waals surface area contributed by atoms with Crippen LogP contribution in [-0.4, -0.2) is 14.1 Å². The highest BCUT2D eigenvalue weighted by Crippen LogP contribution is 2.31. The molecule has 3 aromatic carbocycles. The van der Waals surface area contributed by atoms with Crippen LogP contribution in [0.2, 0.25) is 5.02 Å². The molecule has 2 aromatic heterocycles. The molecule has 2 heterocycles. The lowest BCUT2D eigenvalue weighted by atomic mass is 9.96. The van der Waals surface area contributed by atoms with E-state index in [4.69, 9.17) is 17.3 Å². The second kappa shape index (κ2) is 8.70. The number of pyridine rings is 1. The monoisotopic (exact) mass is 454 g/mol. The molecule has 0 saturated heterocycles. The van der Waals surface area contributed by atoms with Gasteiger partial charge in [0, 0.05) is 30.1 Å². The number of fused-ring (bicyclic) bond motifs is 1. The lowest BCUT2D eigenvalue weighted by Crippen LogP contribution is -2.19. The van der Waals surface area contributed by atoms with Gasteiger partial charge in [-0.1, -0.05) is 60.1 Å². The van der Waals surface area contributed by atoms with Gasteiger partial charge in [-0.2, -0.15) is 0 Å². The van der Waals surface area contributed by atoms with Gasteiger partial charge in [-0.3, -0.25) is 4.79 Å². The summed E-state index contributed by atoms with van der Waals surface area (Å²) in [4.78, 5) is 17.0. The summed E-state index contributed by atoms with van der Waals surface area (Å²) in [7, 11) is 1.78. The van der Waals surface area contributed by atoms with Crippen LogP contribution >= 0.6 is 11.6 Å². The smallest absolute Gasteiger partial charge is 0.251 e. The van der Waals surface area contributed by atoms with E-state index in [0.29, 0.717) is 11.6 Å². The van der Waals surface area contributed by atoms with E-state index < -0.39 is 0 Å². The Balaban J connectivity index is 1.60. The van der Waals surface area contributed by atoms with Crippen LogP contribution in [0.1, 0.15) is 22.9 Å². The average molecular weight is 455 g/mol. The quantitative estimate of drug-likeness (QED) is 0.399. The predicted octanol–water partition coefficient (Wildman–Crippen LogP) is 5.15. The van der Waals surface area contributed by atoms with Gasteiger partial charge in [-0.05, 0) is 46.5 Å². The summed E-state index contributed by atoms with van der Waals surface area (Å²) in [5, 5.41) is 1.57. The van der Waals surface area contributed by atoms with E-state index in [9.17, 15) is 4.79 Å². The van der Waals surface area contributed by atoms with Crippen LogP contribution in [0.25, 0.3) is 22.0 Å². The number of hydrogen-bond acceptors (Lipinski definition) is 3. The summed E-state index contributed by atoms with van der Waals surface area (Å²) in [6.07, 6.45) is 3.63. The molecule has 0 aliphatic rings. The third-order valence-electron chi connectivity index (χ3n) is 6.02. The van der Waals surface area contributed by atoms with E-state index in [0.717, 1.165) is 33.3 Å². The van der Waals surface area contributed by atoms with Crippen LogP contribution in [0.3, 0.4) is 0 Å². The molecule has 0 fully saturated rings. The highest BCUT2D eigenvalue weighted by atomic mass is 35.5. The zero-order valence-electron chi connectivity index (χ0n) is 18.1. The zero-order valence-corrected chi connectivity index (χ0v) is 18.9. The first-order valence-corrected chi connectivity index (χ1v) is 11.1. The van der Waals surface area contributed by atoms with Gasteiger partial charge in [0.1, 0.15) is 0 Å². The van der Waals surface area contributed by atoms with Crippen molar-refractivity contribution in [3.8, 4) is 11.1 Å². The Kier molecular flexibility index (Phi) is 5.58. The van der Waals surface area contributed by atoms with Gasteiger partial charge in [0.2, 0.25) is 0 Å². The maximum absolute atomic E-state index is 12.6. The molecule has 0 radical (unpaired) electrons. The average Bonchev–Trinajstić information content (AvgIpc) is 3.29. The van der Waals surface area contributed by atoms with Crippen molar-refractivity contribution in [3.05, 3.63) is 124 Å². The van der Waals surface area contributed by atoms with Crippen LogP contribution in [0, 0.1) is 0 Å². The van der Waals surface area contributed by atoms with E-state index >= 15 is 0 Å². The van der Waals surface area contributed by atoms with Crippen molar-refractivity contribution < 1.29 is 0 Å². The number of imidazole rings is 1. The maximum Gasteiger partial charge on any atom is 0.251 e. The summed E-state index contributed by atoms with van der Waals surface area (Å²) in [6, 6.07) is 25.1. The number of nitrogens with zero attached hydrogens (tertiary/aromatic N) is 3. The van der Waals surface area contributed by atoms with E-state index in [1.165, 1.54) is 5.56 Å². The number of rotatable bonds is 5. The van der Waals surface area contributed by atoms with E-state index in [2.05, 4.69) is 27.8 Å². The molecule has 5 rings (SSSR count). The molecule has 0 spiro atoms.